The number of benzene rings is 3. The Morgan fingerprint density at radius 3 is 2.48 bits per heavy atom. The molecule has 0 spiro atoms. The summed E-state index contributed by atoms with van der Waals surface area (Å²) in [5, 5.41) is 3.17. The fourth-order valence-corrected chi connectivity index (χ4v) is 5.20. The molecule has 3 aromatic carbocycles. The molecule has 4 rings (SSSR count). The highest BCUT2D eigenvalue weighted by Gasteiger charge is 2.36. The predicted molar refractivity (Wildman–Crippen MR) is 129 cm³/mol. The number of amides is 2. The number of rotatable bonds is 5. The van der Waals surface area contributed by atoms with Crippen LogP contribution >= 0.6 is 23.4 Å². The molecule has 0 unspecified atom stereocenters. The molecule has 31 heavy (non-hydrogen) atoms. The van der Waals surface area contributed by atoms with Gasteiger partial charge in [0.05, 0.1) is 16.3 Å². The number of hydrogen-bond donors (Lipinski definition) is 1. The van der Waals surface area contributed by atoms with Gasteiger partial charge in [-0.3, -0.25) is 14.5 Å². The maximum Gasteiger partial charge on any atom is 0.257 e. The maximum atomic E-state index is 12.9. The molecule has 4 nitrogen and oxygen atoms in total. The van der Waals surface area contributed by atoms with E-state index < -0.39 is 0 Å². The van der Waals surface area contributed by atoms with E-state index in [1.165, 1.54) is 0 Å². The van der Waals surface area contributed by atoms with Crippen LogP contribution in [0, 0.1) is 0 Å². The van der Waals surface area contributed by atoms with Crippen LogP contribution in [0.4, 0.5) is 11.4 Å². The van der Waals surface area contributed by atoms with Crippen molar-refractivity contribution in [1.29, 1.82) is 0 Å². The van der Waals surface area contributed by atoms with Gasteiger partial charge in [-0.15, -0.1) is 11.8 Å². The van der Waals surface area contributed by atoms with Crippen LogP contribution in [-0.4, -0.2) is 17.6 Å². The summed E-state index contributed by atoms with van der Waals surface area (Å²) in [5.74, 6) is 0.464. The Bertz CT molecular complexity index is 1130. The zero-order valence-electron chi connectivity index (χ0n) is 17.3. The van der Waals surface area contributed by atoms with Crippen LogP contribution in [0.3, 0.4) is 0 Å². The third kappa shape index (κ3) is 4.34. The highest BCUT2D eigenvalue weighted by Crippen LogP contribution is 2.46. The molecular formula is C25H23ClN2O2S. The summed E-state index contributed by atoms with van der Waals surface area (Å²) >= 11 is 7.77. The number of hydrogen-bond acceptors (Lipinski definition) is 3. The third-order valence-electron chi connectivity index (χ3n) is 5.28. The second-order valence-corrected chi connectivity index (χ2v) is 9.14. The molecule has 2 amide bonds. The van der Waals surface area contributed by atoms with Gasteiger partial charge < -0.3 is 5.32 Å². The average Bonchev–Trinajstić information content (AvgIpc) is 3.15. The van der Waals surface area contributed by atoms with Crippen molar-refractivity contribution in [2.24, 2.45) is 0 Å². The van der Waals surface area contributed by atoms with Gasteiger partial charge in [-0.05, 0) is 35.7 Å². The van der Waals surface area contributed by atoms with E-state index in [0.717, 1.165) is 16.8 Å². The van der Waals surface area contributed by atoms with Gasteiger partial charge in [0, 0.05) is 16.9 Å². The lowest BCUT2D eigenvalue weighted by Gasteiger charge is -2.29. The van der Waals surface area contributed by atoms with E-state index in [2.05, 4.69) is 25.2 Å². The van der Waals surface area contributed by atoms with Crippen LogP contribution in [0.1, 0.15) is 46.6 Å². The summed E-state index contributed by atoms with van der Waals surface area (Å²) in [4.78, 5) is 27.7. The zero-order valence-corrected chi connectivity index (χ0v) is 18.9. The first-order valence-corrected chi connectivity index (χ1v) is 11.6. The minimum Gasteiger partial charge on any atom is -0.322 e. The molecule has 0 saturated carbocycles. The molecule has 0 aromatic heterocycles. The number of carbonyl (C=O) groups is 2. The van der Waals surface area contributed by atoms with Crippen molar-refractivity contribution in [3.05, 3.63) is 94.5 Å². The smallest absolute Gasteiger partial charge is 0.257 e. The topological polar surface area (TPSA) is 49.4 Å². The van der Waals surface area contributed by atoms with Crippen LogP contribution in [0.5, 0.6) is 0 Å². The van der Waals surface area contributed by atoms with Gasteiger partial charge in [-0.2, -0.15) is 0 Å². The molecule has 3 aromatic rings. The van der Waals surface area contributed by atoms with Crippen LogP contribution in [0.2, 0.25) is 5.02 Å². The molecule has 1 heterocycles. The van der Waals surface area contributed by atoms with E-state index in [9.17, 15) is 9.59 Å². The van der Waals surface area contributed by atoms with E-state index in [0.29, 0.717) is 22.0 Å². The average molecular weight is 451 g/mol. The van der Waals surface area contributed by atoms with E-state index in [1.54, 1.807) is 36.0 Å². The van der Waals surface area contributed by atoms with Crippen molar-refractivity contribution in [3.8, 4) is 0 Å². The van der Waals surface area contributed by atoms with Gasteiger partial charge in [0.2, 0.25) is 5.91 Å². The number of nitrogens with one attached hydrogen (secondary N) is 1. The minimum atomic E-state index is -0.276. The Balaban J connectivity index is 1.71. The summed E-state index contributed by atoms with van der Waals surface area (Å²) in [6.07, 6.45) is 0. The van der Waals surface area contributed by atoms with Gasteiger partial charge in [-0.25, -0.2) is 0 Å². The molecule has 6 heteroatoms. The summed E-state index contributed by atoms with van der Waals surface area (Å²) in [7, 11) is 0. The first-order valence-electron chi connectivity index (χ1n) is 10.1. The van der Waals surface area contributed by atoms with Gasteiger partial charge in [0.25, 0.3) is 5.91 Å². The van der Waals surface area contributed by atoms with Crippen molar-refractivity contribution in [1.82, 2.24) is 0 Å². The quantitative estimate of drug-likeness (QED) is 0.483. The lowest BCUT2D eigenvalue weighted by atomic mass is 10.00. The molecule has 0 radical (unpaired) electrons. The number of nitrogens with zero attached hydrogens (tertiary/aromatic N) is 1. The largest absolute Gasteiger partial charge is 0.322 e. The van der Waals surface area contributed by atoms with E-state index in [-0.39, 0.29) is 23.1 Å². The Morgan fingerprint density at radius 2 is 1.71 bits per heavy atom. The third-order valence-corrected chi connectivity index (χ3v) is 6.80. The van der Waals surface area contributed by atoms with Crippen molar-refractivity contribution in [2.45, 2.75) is 25.1 Å². The molecule has 1 N–H and O–H groups in total. The summed E-state index contributed by atoms with van der Waals surface area (Å²) in [6, 6.07) is 22.6. The van der Waals surface area contributed by atoms with Gasteiger partial charge in [0.1, 0.15) is 5.37 Å². The van der Waals surface area contributed by atoms with Crippen molar-refractivity contribution < 1.29 is 9.59 Å². The number of para-hydroxylation sites is 2. The maximum absolute atomic E-state index is 12.9. The van der Waals surface area contributed by atoms with Gasteiger partial charge >= 0.3 is 0 Å². The first kappa shape index (κ1) is 21.5. The van der Waals surface area contributed by atoms with Crippen LogP contribution in [-0.2, 0) is 4.79 Å². The minimum absolute atomic E-state index is 0.0651. The lowest BCUT2D eigenvalue weighted by molar-refractivity contribution is -0.115. The molecule has 1 atom stereocenters. The van der Waals surface area contributed by atoms with Crippen molar-refractivity contribution in [2.75, 3.05) is 16.0 Å². The number of halogens is 1. The predicted octanol–water partition coefficient (Wildman–Crippen LogP) is 6.49. The van der Waals surface area contributed by atoms with Gasteiger partial charge in [-0.1, -0.05) is 74.0 Å². The Labute approximate surface area is 191 Å². The Hall–Kier alpha value is -2.76. The summed E-state index contributed by atoms with van der Waals surface area (Å²) < 4.78 is 0. The second-order valence-electron chi connectivity index (χ2n) is 7.66. The fourth-order valence-electron chi connectivity index (χ4n) is 3.77. The monoisotopic (exact) mass is 450 g/mol. The number of anilines is 2. The molecule has 1 aliphatic rings. The lowest BCUT2D eigenvalue weighted by Crippen LogP contribution is -2.29. The summed E-state index contributed by atoms with van der Waals surface area (Å²) in [6.45, 7) is 4.25. The molecule has 0 aliphatic carbocycles. The van der Waals surface area contributed by atoms with Crippen molar-refractivity contribution in [3.63, 3.8) is 0 Å². The first-order chi connectivity index (χ1) is 15.0. The number of carbonyl (C=O) groups excluding carboxylic acids is 2. The normalized spacial score (nSPS) is 16.1. The molecule has 158 valence electrons. The Kier molecular flexibility index (Phi) is 6.35. The van der Waals surface area contributed by atoms with Crippen molar-refractivity contribution >= 4 is 46.6 Å². The van der Waals surface area contributed by atoms with Crippen LogP contribution < -0.4 is 10.2 Å². The van der Waals surface area contributed by atoms with E-state index >= 15 is 0 Å². The highest BCUT2D eigenvalue weighted by molar-refractivity contribution is 8.00. The van der Waals surface area contributed by atoms with Crippen LogP contribution in [0.25, 0.3) is 0 Å². The zero-order chi connectivity index (χ0) is 22.0. The highest BCUT2D eigenvalue weighted by atomic mass is 35.5. The standard InChI is InChI=1S/C25H23ClN2O2S/c1-16(2)17-9-5-8-14-22(17)28-23(29)15-31-25(28)19-11-4-7-13-21(19)27-24(30)18-10-3-6-12-20(18)26/h3-14,16,25H,15H2,1-2H3,(H,27,30)/t25-/m0/s1. The fraction of sp³-hybridized carbons (Fsp3) is 0.200. The molecule has 1 aliphatic heterocycles. The van der Waals surface area contributed by atoms with E-state index in [1.807, 2.05) is 47.4 Å². The molecule has 0 bridgehead atoms. The van der Waals surface area contributed by atoms with Crippen LogP contribution in [0.15, 0.2) is 72.8 Å². The second kappa shape index (κ2) is 9.16. The van der Waals surface area contributed by atoms with Gasteiger partial charge in [0.15, 0.2) is 0 Å². The molecule has 1 fully saturated rings. The van der Waals surface area contributed by atoms with E-state index in [4.69, 9.17) is 11.6 Å². The molecule has 1 saturated heterocycles. The SMILES string of the molecule is CC(C)c1ccccc1N1C(=O)CS[C@H]1c1ccccc1NC(=O)c1ccccc1Cl. The molecular weight excluding hydrogens is 428 g/mol. The summed E-state index contributed by atoms with van der Waals surface area (Å²) in [5.41, 5.74) is 4.02. The Morgan fingerprint density at radius 1 is 1.03 bits per heavy atom. The number of thioether (sulfide) groups is 1.